The summed E-state index contributed by atoms with van der Waals surface area (Å²) < 4.78 is 1.92. The minimum absolute atomic E-state index is 0.265. The molecule has 3 nitrogen and oxygen atoms in total. The predicted molar refractivity (Wildman–Crippen MR) is 82.6 cm³/mol. The van der Waals surface area contributed by atoms with Crippen LogP contribution in [0.1, 0.15) is 49.9 Å². The summed E-state index contributed by atoms with van der Waals surface area (Å²) in [7, 11) is 0. The maximum Gasteiger partial charge on any atom is 0.0660 e. The Morgan fingerprint density at radius 2 is 2.20 bits per heavy atom. The lowest BCUT2D eigenvalue weighted by Crippen LogP contribution is -2.18. The lowest BCUT2D eigenvalue weighted by atomic mass is 10.1. The van der Waals surface area contributed by atoms with E-state index in [-0.39, 0.29) is 6.04 Å². The van der Waals surface area contributed by atoms with Gasteiger partial charge >= 0.3 is 0 Å². The van der Waals surface area contributed by atoms with Crippen molar-refractivity contribution < 1.29 is 0 Å². The van der Waals surface area contributed by atoms with E-state index in [0.717, 1.165) is 22.8 Å². The van der Waals surface area contributed by atoms with E-state index in [9.17, 15) is 0 Å². The summed E-state index contributed by atoms with van der Waals surface area (Å²) in [5.41, 5.74) is 3.35. The van der Waals surface area contributed by atoms with Gasteiger partial charge < -0.3 is 5.32 Å². The van der Waals surface area contributed by atoms with Crippen LogP contribution < -0.4 is 5.32 Å². The summed E-state index contributed by atoms with van der Waals surface area (Å²) in [5, 5.41) is 8.81. The maximum absolute atomic E-state index is 6.41. The molecule has 1 heterocycles. The normalized spacial score (nSPS) is 16.4. The van der Waals surface area contributed by atoms with Gasteiger partial charge in [-0.3, -0.25) is 0 Å². The number of nitrogens with zero attached hydrogens (tertiary/aromatic N) is 2. The number of hydrogen-bond donors (Lipinski definition) is 1. The van der Waals surface area contributed by atoms with Gasteiger partial charge in [-0.2, -0.15) is 5.10 Å². The lowest BCUT2D eigenvalue weighted by molar-refractivity contribution is 0.598. The van der Waals surface area contributed by atoms with E-state index in [1.807, 2.05) is 16.9 Å². The van der Waals surface area contributed by atoms with E-state index >= 15 is 0 Å². The molecule has 1 unspecified atom stereocenters. The number of rotatable bonds is 5. The molecular weight excluding hydrogens is 270 g/mol. The van der Waals surface area contributed by atoms with Crippen molar-refractivity contribution in [1.82, 2.24) is 15.1 Å². The summed E-state index contributed by atoms with van der Waals surface area (Å²) in [6.07, 6.45) is 4.57. The van der Waals surface area contributed by atoms with Crippen molar-refractivity contribution in [3.63, 3.8) is 0 Å². The van der Waals surface area contributed by atoms with Gasteiger partial charge in [0.05, 0.1) is 11.4 Å². The van der Waals surface area contributed by atoms with Gasteiger partial charge in [0.2, 0.25) is 0 Å². The first-order valence-electron chi connectivity index (χ1n) is 7.27. The SMILES string of the molecule is CCNC(C)c1ccc(-n2ccc(C3CC3)n2)cc1Cl. The smallest absolute Gasteiger partial charge is 0.0660 e. The van der Waals surface area contributed by atoms with E-state index in [4.69, 9.17) is 11.6 Å². The number of halogens is 1. The highest BCUT2D eigenvalue weighted by atomic mass is 35.5. The van der Waals surface area contributed by atoms with Gasteiger partial charge in [0, 0.05) is 23.2 Å². The highest BCUT2D eigenvalue weighted by Gasteiger charge is 2.25. The standard InChI is InChI=1S/C16H20ClN3/c1-3-18-11(2)14-7-6-13(10-15(14)17)20-9-8-16(19-20)12-4-5-12/h6-12,18H,3-5H2,1-2H3. The second-order valence-corrected chi connectivity index (χ2v) is 5.85. The molecule has 1 aromatic heterocycles. The van der Waals surface area contributed by atoms with E-state index in [1.165, 1.54) is 18.5 Å². The Hall–Kier alpha value is -1.32. The second kappa shape index (κ2) is 5.58. The fraction of sp³-hybridized carbons (Fsp3) is 0.438. The highest BCUT2D eigenvalue weighted by Crippen LogP contribution is 2.39. The van der Waals surface area contributed by atoms with Crippen molar-refractivity contribution in [2.75, 3.05) is 6.54 Å². The molecule has 1 fully saturated rings. The zero-order valence-electron chi connectivity index (χ0n) is 11.9. The first-order chi connectivity index (χ1) is 9.69. The second-order valence-electron chi connectivity index (χ2n) is 5.44. The largest absolute Gasteiger partial charge is 0.310 e. The average Bonchev–Trinajstić information content (AvgIpc) is 3.16. The Morgan fingerprint density at radius 1 is 1.40 bits per heavy atom. The van der Waals surface area contributed by atoms with Crippen molar-refractivity contribution in [1.29, 1.82) is 0 Å². The van der Waals surface area contributed by atoms with Crippen LogP contribution in [0.15, 0.2) is 30.5 Å². The Labute approximate surface area is 124 Å². The molecule has 0 radical (unpaired) electrons. The zero-order chi connectivity index (χ0) is 14.1. The quantitative estimate of drug-likeness (QED) is 0.899. The summed E-state index contributed by atoms with van der Waals surface area (Å²) >= 11 is 6.41. The van der Waals surface area contributed by atoms with Crippen LogP contribution in [0, 0.1) is 0 Å². The molecule has 3 rings (SSSR count). The fourth-order valence-electron chi connectivity index (χ4n) is 2.50. The van der Waals surface area contributed by atoms with E-state index < -0.39 is 0 Å². The number of benzene rings is 1. The van der Waals surface area contributed by atoms with E-state index in [2.05, 4.69) is 42.5 Å². The first-order valence-corrected chi connectivity index (χ1v) is 7.65. The third-order valence-electron chi connectivity index (χ3n) is 3.83. The molecule has 0 saturated heterocycles. The third-order valence-corrected chi connectivity index (χ3v) is 4.16. The van der Waals surface area contributed by atoms with Gasteiger partial charge in [0.1, 0.15) is 0 Å². The molecule has 4 heteroatoms. The van der Waals surface area contributed by atoms with Crippen LogP contribution in [0.25, 0.3) is 5.69 Å². The number of nitrogens with one attached hydrogen (secondary N) is 1. The summed E-state index contributed by atoms with van der Waals surface area (Å²) in [6.45, 7) is 5.16. The zero-order valence-corrected chi connectivity index (χ0v) is 12.7. The van der Waals surface area contributed by atoms with Crippen molar-refractivity contribution >= 4 is 11.6 Å². The van der Waals surface area contributed by atoms with Crippen LogP contribution >= 0.6 is 11.6 Å². The van der Waals surface area contributed by atoms with Crippen LogP contribution in [0.3, 0.4) is 0 Å². The number of hydrogen-bond acceptors (Lipinski definition) is 2. The van der Waals surface area contributed by atoms with Crippen molar-refractivity contribution in [2.45, 2.75) is 38.6 Å². The lowest BCUT2D eigenvalue weighted by Gasteiger charge is -2.15. The van der Waals surface area contributed by atoms with Gasteiger partial charge in [-0.15, -0.1) is 0 Å². The number of aromatic nitrogens is 2. The van der Waals surface area contributed by atoms with Gasteiger partial charge in [-0.25, -0.2) is 4.68 Å². The van der Waals surface area contributed by atoms with Gasteiger partial charge in [0.15, 0.2) is 0 Å². The third kappa shape index (κ3) is 2.74. The van der Waals surface area contributed by atoms with Crippen LogP contribution in [0.4, 0.5) is 0 Å². The molecule has 1 aliphatic carbocycles. The summed E-state index contributed by atoms with van der Waals surface area (Å²) in [4.78, 5) is 0. The van der Waals surface area contributed by atoms with E-state index in [1.54, 1.807) is 0 Å². The van der Waals surface area contributed by atoms with Crippen LogP contribution in [0.5, 0.6) is 0 Å². The van der Waals surface area contributed by atoms with Gasteiger partial charge in [-0.05, 0) is 50.1 Å². The summed E-state index contributed by atoms with van der Waals surface area (Å²) in [5.74, 6) is 0.680. The molecule has 1 atom stereocenters. The molecule has 1 saturated carbocycles. The molecule has 20 heavy (non-hydrogen) atoms. The van der Waals surface area contributed by atoms with Gasteiger partial charge in [0.25, 0.3) is 0 Å². The Balaban J connectivity index is 1.84. The van der Waals surface area contributed by atoms with Crippen LogP contribution in [0.2, 0.25) is 5.02 Å². The molecule has 106 valence electrons. The Morgan fingerprint density at radius 3 is 2.85 bits per heavy atom. The molecule has 0 amide bonds. The van der Waals surface area contributed by atoms with Gasteiger partial charge in [-0.1, -0.05) is 24.6 Å². The predicted octanol–water partition coefficient (Wildman–Crippen LogP) is 4.07. The topological polar surface area (TPSA) is 29.9 Å². The minimum Gasteiger partial charge on any atom is -0.310 e. The highest BCUT2D eigenvalue weighted by molar-refractivity contribution is 6.31. The molecule has 0 spiro atoms. The van der Waals surface area contributed by atoms with Crippen LogP contribution in [-0.4, -0.2) is 16.3 Å². The molecule has 0 aliphatic heterocycles. The van der Waals surface area contributed by atoms with Crippen molar-refractivity contribution in [3.05, 3.63) is 46.7 Å². The van der Waals surface area contributed by atoms with Crippen molar-refractivity contribution in [3.8, 4) is 5.69 Å². The average molecular weight is 290 g/mol. The Kier molecular flexibility index (Phi) is 3.81. The Bertz CT molecular complexity index is 602. The maximum atomic E-state index is 6.41. The van der Waals surface area contributed by atoms with E-state index in [0.29, 0.717) is 5.92 Å². The molecule has 0 bridgehead atoms. The monoisotopic (exact) mass is 289 g/mol. The molecule has 1 aliphatic rings. The fourth-order valence-corrected chi connectivity index (χ4v) is 2.84. The van der Waals surface area contributed by atoms with Crippen LogP contribution in [-0.2, 0) is 0 Å². The molecule has 1 aromatic carbocycles. The molecule has 1 N–H and O–H groups in total. The minimum atomic E-state index is 0.265. The molecule has 2 aromatic rings. The first kappa shape index (κ1) is 13.7. The van der Waals surface area contributed by atoms with Crippen molar-refractivity contribution in [2.24, 2.45) is 0 Å². The molecular formula is C16H20ClN3. The summed E-state index contributed by atoms with van der Waals surface area (Å²) in [6, 6.07) is 8.54.